The van der Waals surface area contributed by atoms with Gasteiger partial charge in [-0.1, -0.05) is 30.3 Å². The van der Waals surface area contributed by atoms with Crippen molar-refractivity contribution in [1.82, 2.24) is 15.2 Å². The molecule has 0 spiro atoms. The number of aromatic nitrogens is 1. The molecule has 1 N–H and O–H groups in total. The van der Waals surface area contributed by atoms with Crippen molar-refractivity contribution in [2.45, 2.75) is 6.04 Å². The van der Waals surface area contributed by atoms with Crippen LogP contribution in [0.3, 0.4) is 0 Å². The van der Waals surface area contributed by atoms with Crippen LogP contribution in [0.1, 0.15) is 22.0 Å². The number of carbonyl (C=O) groups excluding carboxylic acids is 1. The normalized spacial score (nSPS) is 17.8. The number of hydrogen-bond acceptors (Lipinski definition) is 4. The molecular weight excluding hydrogens is 288 g/mol. The van der Waals surface area contributed by atoms with E-state index in [0.29, 0.717) is 5.56 Å². The van der Waals surface area contributed by atoms with Crippen LogP contribution in [0.5, 0.6) is 0 Å². The van der Waals surface area contributed by atoms with Crippen molar-refractivity contribution in [2.24, 2.45) is 0 Å². The molecule has 1 saturated heterocycles. The minimum Gasteiger partial charge on any atom is -0.353 e. The lowest BCUT2D eigenvalue weighted by molar-refractivity contribution is 0.0827. The van der Waals surface area contributed by atoms with Crippen molar-refractivity contribution in [3.63, 3.8) is 0 Å². The van der Waals surface area contributed by atoms with Crippen LogP contribution < -0.4 is 10.2 Å². The van der Waals surface area contributed by atoms with Gasteiger partial charge >= 0.3 is 0 Å². The molecule has 1 fully saturated rings. The summed E-state index contributed by atoms with van der Waals surface area (Å²) in [5.74, 6) is 0.864. The Morgan fingerprint density at radius 2 is 2.04 bits per heavy atom. The van der Waals surface area contributed by atoms with Crippen LogP contribution in [0, 0.1) is 0 Å². The molecule has 0 aliphatic carbocycles. The molecule has 0 radical (unpaired) electrons. The van der Waals surface area contributed by atoms with Gasteiger partial charge in [-0.15, -0.1) is 0 Å². The molecule has 0 unspecified atom stereocenters. The third kappa shape index (κ3) is 3.51. The quantitative estimate of drug-likeness (QED) is 0.941. The van der Waals surface area contributed by atoms with E-state index in [2.05, 4.69) is 39.5 Å². The Balaban J connectivity index is 1.79. The second kappa shape index (κ2) is 6.79. The Hall–Kier alpha value is -2.40. The third-order valence-electron chi connectivity index (χ3n) is 4.10. The summed E-state index contributed by atoms with van der Waals surface area (Å²) in [4.78, 5) is 20.4. The van der Waals surface area contributed by atoms with Gasteiger partial charge in [-0.25, -0.2) is 4.98 Å². The molecule has 0 saturated carbocycles. The maximum Gasteiger partial charge on any atom is 0.253 e. The standard InChI is InChI=1S/C18H22N4O/c1-21(2)18(23)15-8-9-20-17(12-15)22-11-10-19-16(13-22)14-6-4-3-5-7-14/h3-9,12,16,19H,10-11,13H2,1-2H3/t16-/m0/s1. The van der Waals surface area contributed by atoms with Crippen LogP contribution >= 0.6 is 0 Å². The Morgan fingerprint density at radius 1 is 1.26 bits per heavy atom. The summed E-state index contributed by atoms with van der Waals surface area (Å²) in [6.07, 6.45) is 1.71. The Morgan fingerprint density at radius 3 is 2.78 bits per heavy atom. The average Bonchev–Trinajstić information content (AvgIpc) is 2.62. The zero-order chi connectivity index (χ0) is 16.2. The van der Waals surface area contributed by atoms with Crippen LogP contribution in [0.15, 0.2) is 48.7 Å². The molecule has 1 amide bonds. The van der Waals surface area contributed by atoms with Crippen molar-refractivity contribution in [3.8, 4) is 0 Å². The largest absolute Gasteiger partial charge is 0.353 e. The van der Waals surface area contributed by atoms with Gasteiger partial charge in [0.2, 0.25) is 0 Å². The van der Waals surface area contributed by atoms with Gasteiger partial charge in [0.25, 0.3) is 5.91 Å². The van der Waals surface area contributed by atoms with Crippen molar-refractivity contribution in [3.05, 3.63) is 59.8 Å². The lowest BCUT2D eigenvalue weighted by Crippen LogP contribution is -2.46. The molecule has 1 aliphatic heterocycles. The molecule has 2 heterocycles. The van der Waals surface area contributed by atoms with E-state index in [9.17, 15) is 4.79 Å². The van der Waals surface area contributed by atoms with Crippen molar-refractivity contribution >= 4 is 11.7 Å². The first kappa shape index (κ1) is 15.5. The number of piperazine rings is 1. The van der Waals surface area contributed by atoms with Gasteiger partial charge < -0.3 is 15.1 Å². The lowest BCUT2D eigenvalue weighted by Gasteiger charge is -2.35. The minimum atomic E-state index is 0.00314. The van der Waals surface area contributed by atoms with Crippen LogP contribution in [0.25, 0.3) is 0 Å². The number of carbonyl (C=O) groups is 1. The van der Waals surface area contributed by atoms with E-state index >= 15 is 0 Å². The maximum atomic E-state index is 12.1. The number of nitrogens with one attached hydrogen (secondary N) is 1. The highest BCUT2D eigenvalue weighted by atomic mass is 16.2. The zero-order valence-corrected chi connectivity index (χ0v) is 13.6. The SMILES string of the molecule is CN(C)C(=O)c1ccnc(N2CCN[C@H](c3ccccc3)C2)c1. The predicted octanol–water partition coefficient (Wildman–Crippen LogP) is 1.93. The molecule has 1 aliphatic rings. The van der Waals surface area contributed by atoms with E-state index in [1.54, 1.807) is 31.3 Å². The topological polar surface area (TPSA) is 48.5 Å². The van der Waals surface area contributed by atoms with Crippen LogP contribution in [-0.2, 0) is 0 Å². The highest BCUT2D eigenvalue weighted by Crippen LogP contribution is 2.21. The first-order valence-electron chi connectivity index (χ1n) is 7.86. The fourth-order valence-corrected chi connectivity index (χ4v) is 2.85. The summed E-state index contributed by atoms with van der Waals surface area (Å²) in [5, 5.41) is 3.55. The van der Waals surface area contributed by atoms with Crippen molar-refractivity contribution < 1.29 is 4.79 Å². The van der Waals surface area contributed by atoms with Gasteiger partial charge in [-0.2, -0.15) is 0 Å². The van der Waals surface area contributed by atoms with E-state index < -0.39 is 0 Å². The van der Waals surface area contributed by atoms with E-state index in [4.69, 9.17) is 0 Å². The molecule has 5 nitrogen and oxygen atoms in total. The molecule has 1 atom stereocenters. The van der Waals surface area contributed by atoms with Gasteiger partial charge in [0.1, 0.15) is 5.82 Å². The molecule has 120 valence electrons. The number of anilines is 1. The van der Waals surface area contributed by atoms with E-state index in [0.717, 1.165) is 25.5 Å². The molecule has 0 bridgehead atoms. The Labute approximate surface area is 136 Å². The zero-order valence-electron chi connectivity index (χ0n) is 13.6. The number of pyridine rings is 1. The fourth-order valence-electron chi connectivity index (χ4n) is 2.85. The smallest absolute Gasteiger partial charge is 0.253 e. The van der Waals surface area contributed by atoms with E-state index in [1.165, 1.54) is 5.56 Å². The van der Waals surface area contributed by atoms with Gasteiger partial charge in [-0.05, 0) is 17.7 Å². The number of hydrogen-bond donors (Lipinski definition) is 1. The van der Waals surface area contributed by atoms with Gasteiger partial charge in [0, 0.05) is 51.5 Å². The lowest BCUT2D eigenvalue weighted by atomic mass is 10.0. The molecule has 1 aromatic heterocycles. The summed E-state index contributed by atoms with van der Waals surface area (Å²) >= 11 is 0. The summed E-state index contributed by atoms with van der Waals surface area (Å²) in [5.41, 5.74) is 1.95. The summed E-state index contributed by atoms with van der Waals surface area (Å²) in [6.45, 7) is 2.62. The number of rotatable bonds is 3. The third-order valence-corrected chi connectivity index (χ3v) is 4.10. The average molecular weight is 310 g/mol. The highest BCUT2D eigenvalue weighted by molar-refractivity contribution is 5.94. The van der Waals surface area contributed by atoms with Gasteiger partial charge in [-0.3, -0.25) is 4.79 Å². The van der Waals surface area contributed by atoms with Crippen LogP contribution in [-0.4, -0.2) is 49.5 Å². The first-order valence-corrected chi connectivity index (χ1v) is 7.86. The van der Waals surface area contributed by atoms with E-state index in [1.807, 2.05) is 12.1 Å². The molecule has 5 heteroatoms. The Kier molecular flexibility index (Phi) is 4.57. The molecular formula is C18H22N4O. The van der Waals surface area contributed by atoms with Crippen molar-refractivity contribution in [2.75, 3.05) is 38.6 Å². The minimum absolute atomic E-state index is 0.00314. The molecule has 23 heavy (non-hydrogen) atoms. The summed E-state index contributed by atoms with van der Waals surface area (Å²) in [7, 11) is 3.53. The fraction of sp³-hybridized carbons (Fsp3) is 0.333. The van der Waals surface area contributed by atoms with Gasteiger partial charge in [0.05, 0.1) is 0 Å². The summed E-state index contributed by atoms with van der Waals surface area (Å²) in [6, 6.07) is 14.4. The molecule has 2 aromatic rings. The predicted molar refractivity (Wildman–Crippen MR) is 91.7 cm³/mol. The van der Waals surface area contributed by atoms with Crippen LogP contribution in [0.2, 0.25) is 0 Å². The number of amides is 1. The van der Waals surface area contributed by atoms with Crippen LogP contribution in [0.4, 0.5) is 5.82 Å². The van der Waals surface area contributed by atoms with Crippen molar-refractivity contribution in [1.29, 1.82) is 0 Å². The maximum absolute atomic E-state index is 12.1. The monoisotopic (exact) mass is 310 g/mol. The molecule has 1 aromatic carbocycles. The number of benzene rings is 1. The number of nitrogens with zero attached hydrogens (tertiary/aromatic N) is 3. The van der Waals surface area contributed by atoms with E-state index in [-0.39, 0.29) is 11.9 Å². The molecule has 3 rings (SSSR count). The second-order valence-corrected chi connectivity index (χ2v) is 5.97. The highest BCUT2D eigenvalue weighted by Gasteiger charge is 2.22. The second-order valence-electron chi connectivity index (χ2n) is 5.97. The summed E-state index contributed by atoms with van der Waals surface area (Å²) < 4.78 is 0. The van der Waals surface area contributed by atoms with Gasteiger partial charge in [0.15, 0.2) is 0 Å². The first-order chi connectivity index (χ1) is 11.1. The Bertz CT molecular complexity index is 672.